The van der Waals surface area contributed by atoms with Crippen molar-refractivity contribution in [3.63, 3.8) is 0 Å². The SMILES string of the molecule is CCCCCCCCC(CCCCCCCC)COC(=O)Oc1ccc([N+](=O)[O-])cc1. The van der Waals surface area contributed by atoms with Crippen LogP contribution >= 0.6 is 0 Å². The van der Waals surface area contributed by atoms with Gasteiger partial charge >= 0.3 is 6.16 Å². The topological polar surface area (TPSA) is 78.7 Å². The van der Waals surface area contributed by atoms with Crippen LogP contribution in [0.15, 0.2) is 24.3 Å². The molecule has 0 saturated heterocycles. The molecule has 0 radical (unpaired) electrons. The minimum Gasteiger partial charge on any atom is -0.434 e. The van der Waals surface area contributed by atoms with E-state index in [9.17, 15) is 14.9 Å². The zero-order chi connectivity index (χ0) is 22.7. The lowest BCUT2D eigenvalue weighted by Crippen LogP contribution is -2.17. The molecule has 1 rings (SSSR count). The van der Waals surface area contributed by atoms with Gasteiger partial charge in [-0.2, -0.15) is 0 Å². The molecule has 1 aromatic carbocycles. The first-order valence-electron chi connectivity index (χ1n) is 12.2. The summed E-state index contributed by atoms with van der Waals surface area (Å²) in [5.74, 6) is 0.612. The Morgan fingerprint density at radius 1 is 0.839 bits per heavy atom. The number of ether oxygens (including phenoxy) is 2. The monoisotopic (exact) mass is 435 g/mol. The molecule has 6 nitrogen and oxygen atoms in total. The van der Waals surface area contributed by atoms with E-state index in [0.29, 0.717) is 12.5 Å². The molecule has 0 aliphatic heterocycles. The molecule has 0 heterocycles. The van der Waals surface area contributed by atoms with E-state index in [-0.39, 0.29) is 11.4 Å². The van der Waals surface area contributed by atoms with Crippen LogP contribution in [0.3, 0.4) is 0 Å². The second kappa shape index (κ2) is 17.6. The van der Waals surface area contributed by atoms with Crippen LogP contribution in [-0.2, 0) is 4.74 Å². The first-order valence-corrected chi connectivity index (χ1v) is 12.2. The van der Waals surface area contributed by atoms with Gasteiger partial charge in [0.25, 0.3) is 5.69 Å². The predicted molar refractivity (Wildman–Crippen MR) is 125 cm³/mol. The van der Waals surface area contributed by atoms with Crippen LogP contribution in [0.2, 0.25) is 0 Å². The van der Waals surface area contributed by atoms with Crippen molar-refractivity contribution in [3.05, 3.63) is 34.4 Å². The Bertz CT molecular complexity index is 586. The van der Waals surface area contributed by atoms with Crippen molar-refractivity contribution in [3.8, 4) is 5.75 Å². The van der Waals surface area contributed by atoms with E-state index in [1.807, 2.05) is 0 Å². The number of carbonyl (C=O) groups excluding carboxylic acids is 1. The van der Waals surface area contributed by atoms with Gasteiger partial charge in [-0.05, 0) is 30.9 Å². The first kappa shape index (κ1) is 26.9. The van der Waals surface area contributed by atoms with Gasteiger partial charge in [0.15, 0.2) is 0 Å². The number of nitro benzene ring substituents is 1. The van der Waals surface area contributed by atoms with Gasteiger partial charge in [0.05, 0.1) is 11.5 Å². The Labute approximate surface area is 187 Å². The van der Waals surface area contributed by atoms with Crippen LogP contribution in [0, 0.1) is 16.0 Å². The molecular weight excluding hydrogens is 394 g/mol. The fourth-order valence-corrected chi connectivity index (χ4v) is 3.69. The smallest absolute Gasteiger partial charge is 0.434 e. The molecule has 0 atom stereocenters. The molecule has 176 valence electrons. The highest BCUT2D eigenvalue weighted by atomic mass is 16.7. The van der Waals surface area contributed by atoms with Gasteiger partial charge < -0.3 is 9.47 Å². The third-order valence-corrected chi connectivity index (χ3v) is 5.62. The molecule has 0 N–H and O–H groups in total. The summed E-state index contributed by atoms with van der Waals surface area (Å²) < 4.78 is 10.5. The normalized spacial score (nSPS) is 10.9. The van der Waals surface area contributed by atoms with Crippen molar-refractivity contribution in [2.45, 2.75) is 104 Å². The van der Waals surface area contributed by atoms with Gasteiger partial charge in [0, 0.05) is 12.1 Å². The maximum absolute atomic E-state index is 12.1. The molecule has 0 amide bonds. The molecule has 0 bridgehead atoms. The van der Waals surface area contributed by atoms with Gasteiger partial charge in [-0.15, -0.1) is 0 Å². The van der Waals surface area contributed by atoms with E-state index < -0.39 is 11.1 Å². The quantitative estimate of drug-likeness (QED) is 0.0762. The lowest BCUT2D eigenvalue weighted by molar-refractivity contribution is -0.384. The highest BCUT2D eigenvalue weighted by molar-refractivity contribution is 5.63. The van der Waals surface area contributed by atoms with Crippen molar-refractivity contribution in [1.82, 2.24) is 0 Å². The molecular formula is C25H41NO5. The first-order chi connectivity index (χ1) is 15.1. The highest BCUT2D eigenvalue weighted by Crippen LogP contribution is 2.21. The van der Waals surface area contributed by atoms with Crippen LogP contribution in [0.4, 0.5) is 10.5 Å². The fourth-order valence-electron chi connectivity index (χ4n) is 3.69. The average molecular weight is 436 g/mol. The zero-order valence-corrected chi connectivity index (χ0v) is 19.5. The van der Waals surface area contributed by atoms with E-state index in [1.165, 1.54) is 101 Å². The summed E-state index contributed by atoms with van der Waals surface area (Å²) in [5, 5.41) is 10.7. The van der Waals surface area contributed by atoms with E-state index in [2.05, 4.69) is 13.8 Å². The molecule has 0 fully saturated rings. The molecule has 0 unspecified atom stereocenters. The largest absolute Gasteiger partial charge is 0.513 e. The summed E-state index contributed by atoms with van der Waals surface area (Å²) in [6, 6.07) is 5.43. The van der Waals surface area contributed by atoms with Crippen LogP contribution in [-0.4, -0.2) is 17.7 Å². The van der Waals surface area contributed by atoms with Gasteiger partial charge in [0.2, 0.25) is 0 Å². The van der Waals surface area contributed by atoms with Crippen LogP contribution < -0.4 is 4.74 Å². The third kappa shape index (κ3) is 13.7. The Morgan fingerprint density at radius 3 is 1.81 bits per heavy atom. The van der Waals surface area contributed by atoms with Crippen LogP contribution in [0.5, 0.6) is 5.75 Å². The Morgan fingerprint density at radius 2 is 1.32 bits per heavy atom. The number of benzene rings is 1. The lowest BCUT2D eigenvalue weighted by Gasteiger charge is -2.17. The highest BCUT2D eigenvalue weighted by Gasteiger charge is 2.14. The fraction of sp³-hybridized carbons (Fsp3) is 0.720. The predicted octanol–water partition coefficient (Wildman–Crippen LogP) is 8.23. The standard InChI is InChI=1S/C25H41NO5/c1-3-5-7-9-11-13-15-22(16-14-12-10-8-6-4-2)21-30-25(27)31-24-19-17-23(18-20-24)26(28)29/h17-20,22H,3-16,21H2,1-2H3. The second-order valence-corrected chi connectivity index (χ2v) is 8.39. The number of nitrogens with zero attached hydrogens (tertiary/aromatic N) is 1. The Balaban J connectivity index is 2.38. The van der Waals surface area contributed by atoms with Crippen LogP contribution in [0.25, 0.3) is 0 Å². The summed E-state index contributed by atoms with van der Waals surface area (Å²) in [6.07, 6.45) is 16.5. The van der Waals surface area contributed by atoms with Gasteiger partial charge in [-0.1, -0.05) is 90.9 Å². The minimum absolute atomic E-state index is 0.0429. The minimum atomic E-state index is -0.746. The van der Waals surface area contributed by atoms with Crippen molar-refractivity contribution < 1.29 is 19.2 Å². The van der Waals surface area contributed by atoms with E-state index in [1.54, 1.807) is 0 Å². The van der Waals surface area contributed by atoms with Crippen molar-refractivity contribution in [2.24, 2.45) is 5.92 Å². The summed E-state index contributed by atoms with van der Waals surface area (Å²) in [7, 11) is 0. The molecule has 0 saturated carbocycles. The number of rotatable bonds is 18. The van der Waals surface area contributed by atoms with Crippen molar-refractivity contribution in [2.75, 3.05) is 6.61 Å². The van der Waals surface area contributed by atoms with Crippen LogP contribution in [0.1, 0.15) is 104 Å². The summed E-state index contributed by atoms with van der Waals surface area (Å²) in [5.41, 5.74) is -0.0429. The number of hydrogen-bond acceptors (Lipinski definition) is 5. The van der Waals surface area contributed by atoms with Crippen molar-refractivity contribution >= 4 is 11.8 Å². The number of hydrogen-bond donors (Lipinski definition) is 0. The maximum atomic E-state index is 12.1. The molecule has 1 aromatic rings. The molecule has 31 heavy (non-hydrogen) atoms. The lowest BCUT2D eigenvalue weighted by atomic mass is 9.95. The van der Waals surface area contributed by atoms with Gasteiger partial charge in [-0.25, -0.2) is 4.79 Å². The number of nitro groups is 1. The van der Waals surface area contributed by atoms with E-state index >= 15 is 0 Å². The average Bonchev–Trinajstić information content (AvgIpc) is 2.76. The molecule has 0 aliphatic carbocycles. The summed E-state index contributed by atoms with van der Waals surface area (Å²) in [4.78, 5) is 22.3. The Kier molecular flexibility index (Phi) is 15.3. The maximum Gasteiger partial charge on any atom is 0.513 e. The number of non-ortho nitro benzene ring substituents is 1. The van der Waals surface area contributed by atoms with Crippen molar-refractivity contribution in [1.29, 1.82) is 0 Å². The Hall–Kier alpha value is -2.11. The summed E-state index contributed by atoms with van der Waals surface area (Å²) in [6.45, 7) is 4.82. The van der Waals surface area contributed by atoms with E-state index in [4.69, 9.17) is 9.47 Å². The summed E-state index contributed by atoms with van der Waals surface area (Å²) >= 11 is 0. The molecule has 0 spiro atoms. The molecule has 6 heteroatoms. The van der Waals surface area contributed by atoms with Gasteiger partial charge in [0.1, 0.15) is 5.75 Å². The second-order valence-electron chi connectivity index (χ2n) is 8.39. The zero-order valence-electron chi connectivity index (χ0n) is 19.5. The number of carbonyl (C=O) groups is 1. The molecule has 0 aliphatic rings. The third-order valence-electron chi connectivity index (χ3n) is 5.62. The van der Waals surface area contributed by atoms with E-state index in [0.717, 1.165) is 12.8 Å². The molecule has 0 aromatic heterocycles. The number of unbranched alkanes of at least 4 members (excludes halogenated alkanes) is 10. The van der Waals surface area contributed by atoms with Gasteiger partial charge in [-0.3, -0.25) is 10.1 Å².